The highest BCUT2D eigenvalue weighted by Crippen LogP contribution is 2.16. The van der Waals surface area contributed by atoms with Crippen LogP contribution in [-0.2, 0) is 16.0 Å². The van der Waals surface area contributed by atoms with Crippen molar-refractivity contribution in [2.75, 3.05) is 20.2 Å². The molecule has 1 fully saturated rings. The zero-order valence-corrected chi connectivity index (χ0v) is 13.1. The molecule has 5 heteroatoms. The predicted molar refractivity (Wildman–Crippen MR) is 87.0 cm³/mol. The minimum atomic E-state index is -0.450. The molecule has 1 saturated heterocycles. The molecule has 0 aromatic heterocycles. The third-order valence-corrected chi connectivity index (χ3v) is 4.09. The first-order valence-corrected chi connectivity index (χ1v) is 7.68. The number of amides is 1. The molecule has 1 amide bonds. The molecule has 1 aliphatic heterocycles. The molecule has 114 valence electrons. The van der Waals surface area contributed by atoms with E-state index in [1.165, 1.54) is 0 Å². The van der Waals surface area contributed by atoms with Crippen LogP contribution in [0.2, 0.25) is 0 Å². The number of carbonyl (C=O) groups is 1. The van der Waals surface area contributed by atoms with Crippen LogP contribution in [-0.4, -0.2) is 42.1 Å². The molecule has 0 saturated carbocycles. The highest BCUT2D eigenvalue weighted by molar-refractivity contribution is 7.80. The molecule has 1 aliphatic rings. The molecule has 2 rings (SSSR count). The Balaban J connectivity index is 1.99. The van der Waals surface area contributed by atoms with Gasteiger partial charge in [-0.25, -0.2) is 0 Å². The lowest BCUT2D eigenvalue weighted by atomic mass is 9.98. The van der Waals surface area contributed by atoms with Crippen molar-refractivity contribution < 1.29 is 9.53 Å². The normalized spacial score (nSPS) is 19.2. The Morgan fingerprint density at radius 2 is 2.19 bits per heavy atom. The van der Waals surface area contributed by atoms with Gasteiger partial charge in [-0.1, -0.05) is 42.5 Å². The number of nitrogens with two attached hydrogens (primary N) is 1. The van der Waals surface area contributed by atoms with E-state index in [0.29, 0.717) is 13.0 Å². The monoisotopic (exact) mass is 306 g/mol. The lowest BCUT2D eigenvalue weighted by Crippen LogP contribution is -2.43. The van der Waals surface area contributed by atoms with Crippen LogP contribution in [0.1, 0.15) is 18.4 Å². The summed E-state index contributed by atoms with van der Waals surface area (Å²) in [6, 6.07) is 9.82. The topological polar surface area (TPSA) is 55.6 Å². The smallest absolute Gasteiger partial charge is 0.232 e. The number of ether oxygens (including phenoxy) is 1. The molecule has 0 radical (unpaired) electrons. The predicted octanol–water partition coefficient (Wildman–Crippen LogP) is 1.77. The maximum Gasteiger partial charge on any atom is 0.232 e. The highest BCUT2D eigenvalue weighted by atomic mass is 32.1. The zero-order valence-electron chi connectivity index (χ0n) is 12.3. The van der Waals surface area contributed by atoms with Crippen molar-refractivity contribution in [1.29, 1.82) is 0 Å². The summed E-state index contributed by atoms with van der Waals surface area (Å²) in [5.74, 6) is -0.476. The number of likely N-dealkylation sites (N-methyl/N-ethyl adjacent to an activating group) is 1. The van der Waals surface area contributed by atoms with E-state index in [0.717, 1.165) is 25.0 Å². The molecular weight excluding hydrogens is 284 g/mol. The third-order valence-electron chi connectivity index (χ3n) is 3.80. The number of rotatable bonds is 6. The fourth-order valence-electron chi connectivity index (χ4n) is 2.61. The van der Waals surface area contributed by atoms with Crippen LogP contribution in [0, 0.1) is 5.92 Å². The van der Waals surface area contributed by atoms with Gasteiger partial charge in [-0.2, -0.15) is 0 Å². The zero-order chi connectivity index (χ0) is 15.2. The first-order valence-electron chi connectivity index (χ1n) is 7.27. The van der Waals surface area contributed by atoms with Crippen molar-refractivity contribution in [3.63, 3.8) is 0 Å². The Morgan fingerprint density at radius 1 is 1.48 bits per heavy atom. The quantitative estimate of drug-likeness (QED) is 0.814. The number of nitrogens with zero attached hydrogens (tertiary/aromatic N) is 1. The molecule has 2 unspecified atom stereocenters. The second kappa shape index (κ2) is 7.52. The van der Waals surface area contributed by atoms with Crippen LogP contribution in [0.15, 0.2) is 30.3 Å². The van der Waals surface area contributed by atoms with Gasteiger partial charge in [0.15, 0.2) is 0 Å². The largest absolute Gasteiger partial charge is 0.393 e. The highest BCUT2D eigenvalue weighted by Gasteiger charge is 2.27. The number of benzene rings is 1. The van der Waals surface area contributed by atoms with Gasteiger partial charge in [-0.3, -0.25) is 4.79 Å². The standard InChI is InChI=1S/C16H22N2O2S/c1-18(11-13-8-5-9-20-13)16(19)14(15(17)21)10-12-6-3-2-4-7-12/h2-4,6-7,13-14H,5,8-11H2,1H3,(H2,17,21). The number of thiocarbonyl (C=S) groups is 1. The first kappa shape index (κ1) is 15.9. The van der Waals surface area contributed by atoms with Crippen LogP contribution >= 0.6 is 12.2 Å². The van der Waals surface area contributed by atoms with E-state index in [2.05, 4.69) is 0 Å². The fourth-order valence-corrected chi connectivity index (χ4v) is 2.79. The van der Waals surface area contributed by atoms with E-state index in [1.54, 1.807) is 11.9 Å². The lowest BCUT2D eigenvalue weighted by Gasteiger charge is -2.25. The van der Waals surface area contributed by atoms with Crippen LogP contribution in [0.25, 0.3) is 0 Å². The number of carbonyl (C=O) groups excluding carboxylic acids is 1. The van der Waals surface area contributed by atoms with Gasteiger partial charge in [0.1, 0.15) is 0 Å². The maximum absolute atomic E-state index is 12.6. The van der Waals surface area contributed by atoms with Crippen molar-refractivity contribution in [3.05, 3.63) is 35.9 Å². The summed E-state index contributed by atoms with van der Waals surface area (Å²) in [5, 5.41) is 0. The molecular formula is C16H22N2O2S. The summed E-state index contributed by atoms with van der Waals surface area (Å²) in [7, 11) is 1.79. The number of hydrogen-bond acceptors (Lipinski definition) is 3. The van der Waals surface area contributed by atoms with Gasteiger partial charge < -0.3 is 15.4 Å². The molecule has 2 atom stereocenters. The Labute approximate surface area is 131 Å². The van der Waals surface area contributed by atoms with E-state index in [-0.39, 0.29) is 17.0 Å². The molecule has 0 spiro atoms. The van der Waals surface area contributed by atoms with Gasteiger partial charge in [0.2, 0.25) is 5.91 Å². The van der Waals surface area contributed by atoms with Crippen molar-refractivity contribution in [3.8, 4) is 0 Å². The summed E-state index contributed by atoms with van der Waals surface area (Å²) in [4.78, 5) is 14.5. The van der Waals surface area contributed by atoms with Crippen molar-refractivity contribution in [2.45, 2.75) is 25.4 Å². The maximum atomic E-state index is 12.6. The van der Waals surface area contributed by atoms with Gasteiger partial charge in [0.25, 0.3) is 0 Å². The first-order chi connectivity index (χ1) is 10.1. The summed E-state index contributed by atoms with van der Waals surface area (Å²) < 4.78 is 5.57. The second-order valence-electron chi connectivity index (χ2n) is 5.50. The Hall–Kier alpha value is -1.46. The molecule has 0 aliphatic carbocycles. The average Bonchev–Trinajstić information content (AvgIpc) is 2.97. The van der Waals surface area contributed by atoms with Gasteiger partial charge in [-0.15, -0.1) is 0 Å². The van der Waals surface area contributed by atoms with Crippen LogP contribution < -0.4 is 5.73 Å². The van der Waals surface area contributed by atoms with Crippen molar-refractivity contribution in [1.82, 2.24) is 4.90 Å². The van der Waals surface area contributed by atoms with Crippen molar-refractivity contribution in [2.24, 2.45) is 11.7 Å². The van der Waals surface area contributed by atoms with Gasteiger partial charge in [0, 0.05) is 20.2 Å². The fraction of sp³-hybridized carbons (Fsp3) is 0.500. The van der Waals surface area contributed by atoms with Crippen LogP contribution in [0.4, 0.5) is 0 Å². The van der Waals surface area contributed by atoms with E-state index in [1.807, 2.05) is 30.3 Å². The van der Waals surface area contributed by atoms with Gasteiger partial charge in [-0.05, 0) is 24.8 Å². The van der Waals surface area contributed by atoms with Crippen molar-refractivity contribution >= 4 is 23.1 Å². The van der Waals surface area contributed by atoms with Crippen LogP contribution in [0.5, 0.6) is 0 Å². The SMILES string of the molecule is CN(CC1CCCO1)C(=O)C(Cc1ccccc1)C(N)=S. The molecule has 1 aromatic rings. The Morgan fingerprint density at radius 3 is 2.76 bits per heavy atom. The number of hydrogen-bond donors (Lipinski definition) is 1. The summed E-state index contributed by atoms with van der Waals surface area (Å²) in [5.41, 5.74) is 6.85. The second-order valence-corrected chi connectivity index (χ2v) is 5.97. The minimum Gasteiger partial charge on any atom is -0.393 e. The van der Waals surface area contributed by atoms with E-state index in [4.69, 9.17) is 22.7 Å². The summed E-state index contributed by atoms with van der Waals surface area (Å²) in [6.45, 7) is 1.39. The minimum absolute atomic E-state index is 0.0261. The summed E-state index contributed by atoms with van der Waals surface area (Å²) in [6.07, 6.45) is 2.76. The Kier molecular flexibility index (Phi) is 5.70. The lowest BCUT2D eigenvalue weighted by molar-refractivity contribution is -0.133. The third kappa shape index (κ3) is 4.51. The van der Waals surface area contributed by atoms with E-state index >= 15 is 0 Å². The van der Waals surface area contributed by atoms with Gasteiger partial charge in [0.05, 0.1) is 17.0 Å². The molecule has 1 aromatic carbocycles. The van der Waals surface area contributed by atoms with E-state index < -0.39 is 5.92 Å². The molecule has 1 heterocycles. The molecule has 2 N–H and O–H groups in total. The molecule has 4 nitrogen and oxygen atoms in total. The summed E-state index contributed by atoms with van der Waals surface area (Å²) >= 11 is 5.09. The average molecular weight is 306 g/mol. The van der Waals surface area contributed by atoms with E-state index in [9.17, 15) is 4.79 Å². The Bertz CT molecular complexity index is 486. The molecule has 21 heavy (non-hydrogen) atoms. The molecule has 0 bridgehead atoms. The van der Waals surface area contributed by atoms with Crippen LogP contribution in [0.3, 0.4) is 0 Å². The van der Waals surface area contributed by atoms with Gasteiger partial charge >= 0.3 is 0 Å².